The molecule has 2 fully saturated rings. The maximum absolute atomic E-state index is 13.0. The van der Waals surface area contributed by atoms with Crippen molar-refractivity contribution in [2.24, 2.45) is 0 Å². The van der Waals surface area contributed by atoms with Gasteiger partial charge in [-0.05, 0) is 24.6 Å². The first-order valence-electron chi connectivity index (χ1n) is 11.4. The number of halogens is 1. The van der Waals surface area contributed by atoms with E-state index in [1.54, 1.807) is 6.20 Å². The third-order valence-electron chi connectivity index (χ3n) is 6.31. The predicted molar refractivity (Wildman–Crippen MR) is 122 cm³/mol. The molecular weight excluding hydrogens is 432 g/mol. The summed E-state index contributed by atoms with van der Waals surface area (Å²) in [7, 11) is 0. The molecule has 0 aliphatic carbocycles. The van der Waals surface area contributed by atoms with Crippen molar-refractivity contribution >= 4 is 29.4 Å². The van der Waals surface area contributed by atoms with E-state index in [1.165, 1.54) is 0 Å². The summed E-state index contributed by atoms with van der Waals surface area (Å²) in [5, 5.41) is 3.58. The summed E-state index contributed by atoms with van der Waals surface area (Å²) in [5.74, 6) is 0.695. The van der Waals surface area contributed by atoms with E-state index in [0.717, 1.165) is 18.7 Å². The molecule has 1 aromatic heterocycles. The molecule has 3 aliphatic rings. The lowest BCUT2D eigenvalue weighted by Gasteiger charge is -2.36. The summed E-state index contributed by atoms with van der Waals surface area (Å²) in [6.07, 6.45) is 6.98. The zero-order valence-electron chi connectivity index (χ0n) is 18.5. The molecule has 0 radical (unpaired) electrons. The average Bonchev–Trinajstić information content (AvgIpc) is 3.23. The number of aromatic nitrogens is 1. The number of anilines is 1. The first kappa shape index (κ1) is 22.7. The number of amides is 3. The van der Waals surface area contributed by atoms with Gasteiger partial charge in [0.25, 0.3) is 5.91 Å². The molecule has 32 heavy (non-hydrogen) atoms. The zero-order valence-corrected chi connectivity index (χ0v) is 19.2. The van der Waals surface area contributed by atoms with Gasteiger partial charge in [0.2, 0.25) is 0 Å². The van der Waals surface area contributed by atoms with Crippen molar-refractivity contribution in [2.75, 3.05) is 50.7 Å². The number of nitrogens with zero attached hydrogens (tertiary/aromatic N) is 4. The zero-order chi connectivity index (χ0) is 22.6. The van der Waals surface area contributed by atoms with Gasteiger partial charge in [0.05, 0.1) is 5.02 Å². The van der Waals surface area contributed by atoms with E-state index in [4.69, 9.17) is 16.4 Å². The Morgan fingerprint density at radius 1 is 1.19 bits per heavy atom. The van der Waals surface area contributed by atoms with Gasteiger partial charge in [-0.15, -0.1) is 0 Å². The number of hydrogen-bond donors (Lipinski definition) is 2. The van der Waals surface area contributed by atoms with E-state index in [-0.39, 0.29) is 11.9 Å². The molecule has 3 amide bonds. The molecule has 9 nitrogen and oxygen atoms in total. The molecule has 10 heteroatoms. The Morgan fingerprint density at radius 2 is 1.94 bits per heavy atom. The SMILES string of the molecule is CCCCNC(=O)N1CCC2(C=C(C(=O)N3CCN(c4ncccc4Cl)CC3)NO2)CC1. The summed E-state index contributed by atoms with van der Waals surface area (Å²) >= 11 is 6.26. The molecule has 2 N–H and O–H groups in total. The van der Waals surface area contributed by atoms with Crippen molar-refractivity contribution in [3.63, 3.8) is 0 Å². The molecule has 0 bridgehead atoms. The quantitative estimate of drug-likeness (QED) is 0.652. The number of piperidine rings is 1. The number of carbonyl (C=O) groups is 2. The van der Waals surface area contributed by atoms with Gasteiger partial charge in [-0.3, -0.25) is 15.1 Å². The maximum Gasteiger partial charge on any atom is 0.317 e. The monoisotopic (exact) mass is 462 g/mol. The van der Waals surface area contributed by atoms with Gasteiger partial charge in [0.1, 0.15) is 17.1 Å². The second-order valence-corrected chi connectivity index (χ2v) is 8.89. The van der Waals surface area contributed by atoms with Crippen molar-refractivity contribution in [3.8, 4) is 0 Å². The second-order valence-electron chi connectivity index (χ2n) is 8.49. The van der Waals surface area contributed by atoms with Crippen molar-refractivity contribution in [1.29, 1.82) is 0 Å². The Morgan fingerprint density at radius 3 is 2.62 bits per heavy atom. The molecule has 0 unspecified atom stereocenters. The highest BCUT2D eigenvalue weighted by atomic mass is 35.5. The topological polar surface area (TPSA) is 90.0 Å². The van der Waals surface area contributed by atoms with Gasteiger partial charge < -0.3 is 20.0 Å². The second kappa shape index (κ2) is 9.95. The van der Waals surface area contributed by atoms with Gasteiger partial charge >= 0.3 is 6.03 Å². The third kappa shape index (κ3) is 4.94. The minimum atomic E-state index is -0.533. The Kier molecular flexibility index (Phi) is 7.05. The van der Waals surface area contributed by atoms with Crippen LogP contribution in [0.1, 0.15) is 32.6 Å². The van der Waals surface area contributed by atoms with Crippen LogP contribution in [0.4, 0.5) is 10.6 Å². The summed E-state index contributed by atoms with van der Waals surface area (Å²) in [6.45, 7) is 6.51. The van der Waals surface area contributed by atoms with Gasteiger partial charge in [0, 0.05) is 64.9 Å². The lowest BCUT2D eigenvalue weighted by molar-refractivity contribution is -0.129. The number of likely N-dealkylation sites (tertiary alicyclic amines) is 1. The number of hydrogen-bond acceptors (Lipinski definition) is 6. The minimum Gasteiger partial charge on any atom is -0.352 e. The Labute approximate surface area is 193 Å². The van der Waals surface area contributed by atoms with Gasteiger partial charge in [-0.1, -0.05) is 24.9 Å². The van der Waals surface area contributed by atoms with E-state index in [0.29, 0.717) is 69.4 Å². The smallest absolute Gasteiger partial charge is 0.317 e. The standard InChI is InChI=1S/C22H31ClN6O3/c1-2-3-8-25-21(31)29-10-6-22(7-11-29)16-18(26-32-22)20(30)28-14-12-27(13-15-28)19-17(23)5-4-9-24-19/h4-5,9,16,26H,2-3,6-8,10-15H2,1H3,(H,25,31). The third-order valence-corrected chi connectivity index (χ3v) is 6.61. The molecule has 1 spiro atoms. The first-order chi connectivity index (χ1) is 15.5. The van der Waals surface area contributed by atoms with Crippen LogP contribution >= 0.6 is 11.6 Å². The molecule has 2 saturated heterocycles. The fourth-order valence-electron chi connectivity index (χ4n) is 4.30. The van der Waals surface area contributed by atoms with E-state index < -0.39 is 5.60 Å². The number of nitrogens with one attached hydrogen (secondary N) is 2. The normalized spacial score (nSPS) is 20.2. The Balaban J connectivity index is 1.29. The molecule has 4 heterocycles. The number of urea groups is 1. The summed E-state index contributed by atoms with van der Waals surface area (Å²) < 4.78 is 0. The van der Waals surface area contributed by atoms with Crippen LogP contribution in [0.3, 0.4) is 0 Å². The molecule has 0 saturated carbocycles. The number of pyridine rings is 1. The molecule has 174 valence electrons. The molecule has 1 aromatic rings. The molecule has 4 rings (SSSR count). The average molecular weight is 463 g/mol. The summed E-state index contributed by atoms with van der Waals surface area (Å²) in [4.78, 5) is 41.3. The number of unbranched alkanes of at least 4 members (excludes halogenated alkanes) is 1. The number of piperazine rings is 1. The van der Waals surface area contributed by atoms with Crippen LogP contribution in [0, 0.1) is 0 Å². The Hall–Kier alpha value is -2.52. The predicted octanol–water partition coefficient (Wildman–Crippen LogP) is 2.15. The van der Waals surface area contributed by atoms with Gasteiger partial charge in [-0.2, -0.15) is 0 Å². The highest BCUT2D eigenvalue weighted by Gasteiger charge is 2.41. The maximum atomic E-state index is 13.0. The van der Waals surface area contributed by atoms with Gasteiger partial charge in [-0.25, -0.2) is 9.78 Å². The number of hydroxylamine groups is 1. The fourth-order valence-corrected chi connectivity index (χ4v) is 4.55. The van der Waals surface area contributed by atoms with Gasteiger partial charge in [0.15, 0.2) is 0 Å². The van der Waals surface area contributed by atoms with Crippen molar-refractivity contribution < 1.29 is 14.4 Å². The van der Waals surface area contributed by atoms with Crippen molar-refractivity contribution in [1.82, 2.24) is 25.6 Å². The molecule has 0 atom stereocenters. The van der Waals surface area contributed by atoms with E-state index in [2.05, 4.69) is 27.6 Å². The van der Waals surface area contributed by atoms with Crippen LogP contribution in [0.15, 0.2) is 30.1 Å². The Bertz CT molecular complexity index is 863. The van der Waals surface area contributed by atoms with Crippen LogP contribution in [0.5, 0.6) is 0 Å². The van der Waals surface area contributed by atoms with Crippen LogP contribution in [0.25, 0.3) is 0 Å². The minimum absolute atomic E-state index is 0.0228. The first-order valence-corrected chi connectivity index (χ1v) is 11.7. The largest absolute Gasteiger partial charge is 0.352 e. The van der Waals surface area contributed by atoms with E-state index in [1.807, 2.05) is 28.0 Å². The lowest BCUT2D eigenvalue weighted by Crippen LogP contribution is -2.50. The summed E-state index contributed by atoms with van der Waals surface area (Å²) in [6, 6.07) is 3.61. The van der Waals surface area contributed by atoms with Crippen molar-refractivity contribution in [3.05, 3.63) is 35.1 Å². The highest BCUT2D eigenvalue weighted by molar-refractivity contribution is 6.32. The van der Waals surface area contributed by atoms with Crippen molar-refractivity contribution in [2.45, 2.75) is 38.2 Å². The van der Waals surface area contributed by atoms with E-state index in [9.17, 15) is 9.59 Å². The van der Waals surface area contributed by atoms with Crippen LogP contribution < -0.4 is 15.7 Å². The molecule has 0 aromatic carbocycles. The number of rotatable bonds is 5. The fraction of sp³-hybridized carbons (Fsp3) is 0.591. The lowest BCUT2D eigenvalue weighted by atomic mass is 9.91. The summed E-state index contributed by atoms with van der Waals surface area (Å²) in [5.41, 5.74) is 2.80. The van der Waals surface area contributed by atoms with Crippen LogP contribution in [0.2, 0.25) is 5.02 Å². The van der Waals surface area contributed by atoms with Crippen LogP contribution in [-0.4, -0.2) is 78.1 Å². The molecule has 3 aliphatic heterocycles. The highest BCUT2D eigenvalue weighted by Crippen LogP contribution is 2.32. The molecular formula is C22H31ClN6O3. The van der Waals surface area contributed by atoms with Crippen LogP contribution in [-0.2, 0) is 9.63 Å². The van der Waals surface area contributed by atoms with E-state index >= 15 is 0 Å². The number of carbonyl (C=O) groups excluding carboxylic acids is 2.